The average Bonchev–Trinajstić information content (AvgIpc) is 3.17. The molecule has 8 heteroatoms. The molecule has 4 rings (SSSR count). The molecule has 2 aromatic heterocycles. The second kappa shape index (κ2) is 12.1. The van der Waals surface area contributed by atoms with Gasteiger partial charge in [-0.15, -0.1) is 12.4 Å². The Hall–Kier alpha value is -2.64. The largest absolute Gasteiger partial charge is 0.481 e. The lowest BCUT2D eigenvalue weighted by molar-refractivity contribution is -0.142. The second-order valence-electron chi connectivity index (χ2n) is 10.5. The van der Waals surface area contributed by atoms with Gasteiger partial charge in [-0.25, -0.2) is 4.98 Å². The summed E-state index contributed by atoms with van der Waals surface area (Å²) in [7, 11) is 1.78. The fraction of sp³-hybridized carbons (Fsp3) is 0.536. The number of aromatic nitrogens is 3. The Morgan fingerprint density at radius 1 is 1.22 bits per heavy atom. The number of fused-ring (bicyclic) bond motifs is 1. The molecule has 3 aromatic rings. The minimum Gasteiger partial charge on any atom is -0.481 e. The SMILES string of the molecule is Cc1cc(-c2nc3cc(CC[C@@H](CC(C)C)C(=O)O)ccc3n2CC2CCOCC2)cn(C)c1=O.Cl. The van der Waals surface area contributed by atoms with Gasteiger partial charge in [0.2, 0.25) is 0 Å². The number of halogens is 1. The highest BCUT2D eigenvalue weighted by Gasteiger charge is 2.22. The van der Waals surface area contributed by atoms with Gasteiger partial charge in [-0.05, 0) is 74.6 Å². The number of hydrogen-bond acceptors (Lipinski definition) is 4. The molecule has 1 aliphatic heterocycles. The topological polar surface area (TPSA) is 86.3 Å². The number of hydrogen-bond donors (Lipinski definition) is 1. The zero-order chi connectivity index (χ0) is 25.1. The first kappa shape index (κ1) is 27.9. The van der Waals surface area contributed by atoms with Gasteiger partial charge in [-0.1, -0.05) is 19.9 Å². The van der Waals surface area contributed by atoms with Crippen LogP contribution in [0, 0.1) is 24.7 Å². The van der Waals surface area contributed by atoms with Crippen LogP contribution in [0.5, 0.6) is 0 Å². The summed E-state index contributed by atoms with van der Waals surface area (Å²) in [5.41, 5.74) is 4.70. The normalized spacial score (nSPS) is 15.2. The molecular formula is C28H38ClN3O4. The fourth-order valence-electron chi connectivity index (χ4n) is 5.18. The molecule has 3 heterocycles. The molecule has 1 saturated heterocycles. The number of imidazole rings is 1. The van der Waals surface area contributed by atoms with Crippen LogP contribution >= 0.6 is 12.4 Å². The summed E-state index contributed by atoms with van der Waals surface area (Å²) in [5, 5.41) is 9.61. The Labute approximate surface area is 218 Å². The number of ether oxygens (including phenoxy) is 1. The highest BCUT2D eigenvalue weighted by molar-refractivity contribution is 5.85. The Morgan fingerprint density at radius 2 is 1.94 bits per heavy atom. The average molecular weight is 516 g/mol. The molecule has 0 spiro atoms. The van der Waals surface area contributed by atoms with E-state index >= 15 is 0 Å². The lowest BCUT2D eigenvalue weighted by atomic mass is 9.91. The third-order valence-corrected chi connectivity index (χ3v) is 7.10. The van der Waals surface area contributed by atoms with Crippen LogP contribution in [0.1, 0.15) is 50.7 Å². The molecule has 0 saturated carbocycles. The predicted octanol–water partition coefficient (Wildman–Crippen LogP) is 5.24. The van der Waals surface area contributed by atoms with Crippen molar-refractivity contribution in [3.63, 3.8) is 0 Å². The van der Waals surface area contributed by atoms with Crippen LogP contribution in [0.15, 0.2) is 35.3 Å². The summed E-state index contributed by atoms with van der Waals surface area (Å²) in [4.78, 5) is 29.0. The summed E-state index contributed by atoms with van der Waals surface area (Å²) >= 11 is 0. The van der Waals surface area contributed by atoms with E-state index in [0.717, 1.165) is 60.6 Å². The number of carbonyl (C=O) groups is 1. The first-order valence-electron chi connectivity index (χ1n) is 12.7. The summed E-state index contributed by atoms with van der Waals surface area (Å²) < 4.78 is 9.47. The van der Waals surface area contributed by atoms with Crippen molar-refractivity contribution in [2.24, 2.45) is 24.8 Å². The Morgan fingerprint density at radius 3 is 2.58 bits per heavy atom. The van der Waals surface area contributed by atoms with Gasteiger partial charge in [-0.3, -0.25) is 9.59 Å². The lowest BCUT2D eigenvalue weighted by Gasteiger charge is -2.23. The first-order valence-corrected chi connectivity index (χ1v) is 12.7. The van der Waals surface area contributed by atoms with Crippen molar-refractivity contribution in [3.8, 4) is 11.4 Å². The van der Waals surface area contributed by atoms with Gasteiger partial charge < -0.3 is 19.0 Å². The molecule has 1 fully saturated rings. The quantitative estimate of drug-likeness (QED) is 0.421. The van der Waals surface area contributed by atoms with E-state index in [0.29, 0.717) is 36.7 Å². The zero-order valence-electron chi connectivity index (χ0n) is 21.7. The Bertz CT molecular complexity index is 1230. The summed E-state index contributed by atoms with van der Waals surface area (Å²) in [6, 6.07) is 8.25. The molecule has 0 radical (unpaired) electrons. The van der Waals surface area contributed by atoms with E-state index in [4.69, 9.17) is 9.72 Å². The van der Waals surface area contributed by atoms with Gasteiger partial charge in [0.25, 0.3) is 5.56 Å². The molecule has 7 nitrogen and oxygen atoms in total. The van der Waals surface area contributed by atoms with Gasteiger partial charge in [-0.2, -0.15) is 0 Å². The molecule has 0 aliphatic carbocycles. The van der Waals surface area contributed by atoms with E-state index in [9.17, 15) is 14.7 Å². The molecule has 1 atom stereocenters. The van der Waals surface area contributed by atoms with E-state index in [1.807, 2.05) is 19.2 Å². The van der Waals surface area contributed by atoms with Gasteiger partial charge >= 0.3 is 5.97 Å². The standard InChI is InChI=1S/C28H37N3O4.ClH/c1-18(2)13-22(28(33)34)7-5-20-6-8-25-24(15-20)29-26(23-14-19(3)27(32)30(4)17-23)31(25)16-21-9-11-35-12-10-21;/h6,8,14-15,17-18,21-22H,5,7,9-13,16H2,1-4H3,(H,33,34);1H/t22-;/m0./s1. The maximum absolute atomic E-state index is 12.3. The summed E-state index contributed by atoms with van der Waals surface area (Å²) in [6.45, 7) is 8.40. The minimum absolute atomic E-state index is 0. The van der Waals surface area contributed by atoms with E-state index in [2.05, 4.69) is 36.6 Å². The van der Waals surface area contributed by atoms with Crippen LogP contribution in [-0.2, 0) is 29.5 Å². The Balaban J connectivity index is 0.00000361. The zero-order valence-corrected chi connectivity index (χ0v) is 22.5. The van der Waals surface area contributed by atoms with Gasteiger partial charge in [0, 0.05) is 44.1 Å². The van der Waals surface area contributed by atoms with Crippen LogP contribution in [0.25, 0.3) is 22.4 Å². The Kier molecular flexibility index (Phi) is 9.36. The molecule has 0 unspecified atom stereocenters. The van der Waals surface area contributed by atoms with Crippen LogP contribution in [0.2, 0.25) is 0 Å². The second-order valence-corrected chi connectivity index (χ2v) is 10.5. The highest BCUT2D eigenvalue weighted by Crippen LogP contribution is 2.29. The number of carboxylic acid groups (broad SMARTS) is 1. The fourth-order valence-corrected chi connectivity index (χ4v) is 5.18. The van der Waals surface area contributed by atoms with Crippen molar-refractivity contribution in [2.75, 3.05) is 13.2 Å². The van der Waals surface area contributed by atoms with Crippen LogP contribution in [0.3, 0.4) is 0 Å². The van der Waals surface area contributed by atoms with Crippen molar-refractivity contribution in [1.82, 2.24) is 14.1 Å². The molecule has 1 aromatic carbocycles. The monoisotopic (exact) mass is 515 g/mol. The van der Waals surface area contributed by atoms with Crippen molar-refractivity contribution in [1.29, 1.82) is 0 Å². The van der Waals surface area contributed by atoms with Crippen molar-refractivity contribution in [3.05, 3.63) is 51.9 Å². The van der Waals surface area contributed by atoms with E-state index in [1.165, 1.54) is 0 Å². The number of carboxylic acids is 1. The molecule has 36 heavy (non-hydrogen) atoms. The lowest BCUT2D eigenvalue weighted by Crippen LogP contribution is -2.21. The van der Waals surface area contributed by atoms with Gasteiger partial charge in [0.05, 0.1) is 17.0 Å². The molecule has 1 N–H and O–H groups in total. The predicted molar refractivity (Wildman–Crippen MR) is 145 cm³/mol. The number of pyridine rings is 1. The molecule has 0 bridgehead atoms. The van der Waals surface area contributed by atoms with Gasteiger partial charge in [0.1, 0.15) is 5.82 Å². The van der Waals surface area contributed by atoms with Crippen LogP contribution in [-0.4, -0.2) is 38.4 Å². The van der Waals surface area contributed by atoms with Crippen molar-refractivity contribution >= 4 is 29.4 Å². The number of rotatable bonds is 9. The van der Waals surface area contributed by atoms with Crippen LogP contribution < -0.4 is 5.56 Å². The third-order valence-electron chi connectivity index (χ3n) is 7.10. The smallest absolute Gasteiger partial charge is 0.306 e. The van der Waals surface area contributed by atoms with E-state index < -0.39 is 5.97 Å². The number of benzene rings is 1. The minimum atomic E-state index is -0.715. The molecule has 1 aliphatic rings. The van der Waals surface area contributed by atoms with Gasteiger partial charge in [0.15, 0.2) is 0 Å². The third kappa shape index (κ3) is 6.37. The van der Waals surface area contributed by atoms with Crippen molar-refractivity contribution in [2.45, 2.75) is 59.4 Å². The van der Waals surface area contributed by atoms with Crippen molar-refractivity contribution < 1.29 is 14.6 Å². The van der Waals surface area contributed by atoms with E-state index in [1.54, 1.807) is 11.6 Å². The number of aryl methyl sites for hydroxylation is 3. The highest BCUT2D eigenvalue weighted by atomic mass is 35.5. The molecule has 196 valence electrons. The maximum atomic E-state index is 12.3. The first-order chi connectivity index (χ1) is 16.7. The number of aliphatic carboxylic acids is 1. The summed E-state index contributed by atoms with van der Waals surface area (Å²) in [6.07, 6.45) is 5.93. The maximum Gasteiger partial charge on any atom is 0.306 e. The summed E-state index contributed by atoms with van der Waals surface area (Å²) in [5.74, 6) is 0.687. The molecule has 0 amide bonds. The number of nitrogens with zero attached hydrogens (tertiary/aromatic N) is 3. The van der Waals surface area contributed by atoms with E-state index in [-0.39, 0.29) is 23.9 Å². The van der Waals surface area contributed by atoms with Crippen LogP contribution in [0.4, 0.5) is 0 Å². The molecular weight excluding hydrogens is 478 g/mol.